The lowest BCUT2D eigenvalue weighted by Gasteiger charge is -2.15. The molecule has 1 amide bonds. The Kier molecular flexibility index (Phi) is 3.02. The van der Waals surface area contributed by atoms with Crippen LogP contribution < -0.4 is 11.3 Å². The number of aromatic nitrogens is 2. The summed E-state index contributed by atoms with van der Waals surface area (Å²) in [6.45, 7) is 3.78. The Balaban J connectivity index is 2.90. The molecule has 5 nitrogen and oxygen atoms in total. The predicted octanol–water partition coefficient (Wildman–Crippen LogP) is 0.133. The van der Waals surface area contributed by atoms with Gasteiger partial charge in [0.1, 0.15) is 11.9 Å². The summed E-state index contributed by atoms with van der Waals surface area (Å²) in [6, 6.07) is -0.257. The molecule has 3 N–H and O–H groups in total. The molecule has 0 aliphatic carbocycles. The number of nitrogens with two attached hydrogens (primary N) is 1. The number of hydrogen-bond acceptors (Lipinski definition) is 3. The van der Waals surface area contributed by atoms with Crippen molar-refractivity contribution in [2.75, 3.05) is 0 Å². The molecule has 0 aromatic carbocycles. The molecule has 1 unspecified atom stereocenters. The van der Waals surface area contributed by atoms with Crippen molar-refractivity contribution in [3.05, 3.63) is 18.2 Å². The summed E-state index contributed by atoms with van der Waals surface area (Å²) >= 11 is 0. The fourth-order valence-electron chi connectivity index (χ4n) is 1.32. The highest BCUT2D eigenvalue weighted by Gasteiger charge is 2.17. The van der Waals surface area contributed by atoms with E-state index in [0.29, 0.717) is 6.42 Å². The van der Waals surface area contributed by atoms with Crippen molar-refractivity contribution in [3.63, 3.8) is 0 Å². The van der Waals surface area contributed by atoms with Crippen LogP contribution in [0.5, 0.6) is 0 Å². The molecule has 0 spiro atoms. The summed E-state index contributed by atoms with van der Waals surface area (Å²) in [4.78, 5) is 15.4. The van der Waals surface area contributed by atoms with Crippen molar-refractivity contribution in [2.45, 2.75) is 26.3 Å². The lowest BCUT2D eigenvalue weighted by Crippen LogP contribution is -2.37. The Hall–Kier alpha value is -1.36. The van der Waals surface area contributed by atoms with E-state index in [1.807, 2.05) is 18.4 Å². The zero-order valence-corrected chi connectivity index (χ0v) is 7.82. The van der Waals surface area contributed by atoms with E-state index in [4.69, 9.17) is 5.84 Å². The molecule has 0 radical (unpaired) electrons. The highest BCUT2D eigenvalue weighted by molar-refractivity contribution is 5.79. The number of rotatable bonds is 3. The van der Waals surface area contributed by atoms with Crippen LogP contribution >= 0.6 is 0 Å². The maximum Gasteiger partial charge on any atom is 0.256 e. The van der Waals surface area contributed by atoms with E-state index in [2.05, 4.69) is 10.4 Å². The first-order valence-electron chi connectivity index (χ1n) is 4.20. The first-order chi connectivity index (χ1) is 6.20. The van der Waals surface area contributed by atoms with E-state index in [1.165, 1.54) is 0 Å². The van der Waals surface area contributed by atoms with Crippen LogP contribution in [0.25, 0.3) is 0 Å². The van der Waals surface area contributed by atoms with Crippen LogP contribution in [0.3, 0.4) is 0 Å². The Morgan fingerprint density at radius 1 is 1.85 bits per heavy atom. The van der Waals surface area contributed by atoms with Gasteiger partial charge in [-0.1, -0.05) is 6.92 Å². The van der Waals surface area contributed by atoms with Gasteiger partial charge in [0.2, 0.25) is 0 Å². The van der Waals surface area contributed by atoms with Gasteiger partial charge in [0, 0.05) is 12.4 Å². The SMILES string of the molecule is CCC(C(=O)NN)n1ccnc1C. The van der Waals surface area contributed by atoms with Crippen molar-refractivity contribution in [1.29, 1.82) is 0 Å². The first kappa shape index (κ1) is 9.73. The lowest BCUT2D eigenvalue weighted by molar-refractivity contribution is -0.124. The average Bonchev–Trinajstić information content (AvgIpc) is 2.53. The third-order valence-corrected chi connectivity index (χ3v) is 2.03. The molecule has 5 heteroatoms. The Bertz CT molecular complexity index is 294. The average molecular weight is 182 g/mol. The molecule has 0 saturated heterocycles. The number of amides is 1. The molecular formula is C8H14N4O. The van der Waals surface area contributed by atoms with Gasteiger partial charge in [-0.2, -0.15) is 0 Å². The Morgan fingerprint density at radius 2 is 2.54 bits per heavy atom. The molecule has 0 aliphatic heterocycles. The van der Waals surface area contributed by atoms with Gasteiger partial charge in [-0.25, -0.2) is 10.8 Å². The third-order valence-electron chi connectivity index (χ3n) is 2.03. The second-order valence-corrected chi connectivity index (χ2v) is 2.81. The summed E-state index contributed by atoms with van der Waals surface area (Å²) in [6.07, 6.45) is 4.14. The van der Waals surface area contributed by atoms with Crippen molar-refractivity contribution < 1.29 is 4.79 Å². The fourth-order valence-corrected chi connectivity index (χ4v) is 1.32. The van der Waals surface area contributed by atoms with Crippen molar-refractivity contribution in [3.8, 4) is 0 Å². The third kappa shape index (κ3) is 1.86. The van der Waals surface area contributed by atoms with Gasteiger partial charge in [0.25, 0.3) is 5.91 Å². The Morgan fingerprint density at radius 3 is 2.92 bits per heavy atom. The summed E-state index contributed by atoms with van der Waals surface area (Å²) < 4.78 is 1.81. The molecule has 0 bridgehead atoms. The largest absolute Gasteiger partial charge is 0.323 e. The molecule has 0 aliphatic rings. The quantitative estimate of drug-likeness (QED) is 0.396. The topological polar surface area (TPSA) is 72.9 Å². The van der Waals surface area contributed by atoms with E-state index in [0.717, 1.165) is 5.82 Å². The number of nitrogens with one attached hydrogen (secondary N) is 1. The zero-order chi connectivity index (χ0) is 9.84. The molecule has 1 atom stereocenters. The van der Waals surface area contributed by atoms with Crippen LogP contribution in [-0.2, 0) is 4.79 Å². The van der Waals surface area contributed by atoms with Gasteiger partial charge in [-0.3, -0.25) is 10.2 Å². The number of carbonyl (C=O) groups is 1. The molecular weight excluding hydrogens is 168 g/mol. The van der Waals surface area contributed by atoms with Crippen LogP contribution in [0.4, 0.5) is 0 Å². The summed E-state index contributed by atoms with van der Waals surface area (Å²) in [5.41, 5.74) is 2.14. The maximum atomic E-state index is 11.3. The van der Waals surface area contributed by atoms with E-state index in [-0.39, 0.29) is 11.9 Å². The molecule has 72 valence electrons. The minimum Gasteiger partial charge on any atom is -0.323 e. The van der Waals surface area contributed by atoms with Crippen LogP contribution in [0.2, 0.25) is 0 Å². The van der Waals surface area contributed by atoms with Gasteiger partial charge in [-0.15, -0.1) is 0 Å². The second-order valence-electron chi connectivity index (χ2n) is 2.81. The highest BCUT2D eigenvalue weighted by Crippen LogP contribution is 2.12. The minimum absolute atomic E-state index is 0.191. The molecule has 1 aromatic heterocycles. The van der Waals surface area contributed by atoms with Crippen molar-refractivity contribution >= 4 is 5.91 Å². The van der Waals surface area contributed by atoms with Crippen molar-refractivity contribution in [1.82, 2.24) is 15.0 Å². The van der Waals surface area contributed by atoms with Crippen LogP contribution in [-0.4, -0.2) is 15.5 Å². The fraction of sp³-hybridized carbons (Fsp3) is 0.500. The number of hydrogen-bond donors (Lipinski definition) is 2. The number of aryl methyl sites for hydroxylation is 1. The molecule has 0 saturated carbocycles. The van der Waals surface area contributed by atoms with Crippen LogP contribution in [0.1, 0.15) is 25.2 Å². The maximum absolute atomic E-state index is 11.3. The highest BCUT2D eigenvalue weighted by atomic mass is 16.2. The van der Waals surface area contributed by atoms with E-state index in [1.54, 1.807) is 12.4 Å². The molecule has 1 rings (SSSR count). The van der Waals surface area contributed by atoms with E-state index in [9.17, 15) is 4.79 Å². The second kappa shape index (κ2) is 4.04. The van der Waals surface area contributed by atoms with Gasteiger partial charge in [-0.05, 0) is 13.3 Å². The van der Waals surface area contributed by atoms with E-state index >= 15 is 0 Å². The van der Waals surface area contributed by atoms with E-state index < -0.39 is 0 Å². The minimum atomic E-state index is -0.257. The van der Waals surface area contributed by atoms with Gasteiger partial charge < -0.3 is 4.57 Å². The molecule has 1 heterocycles. The van der Waals surface area contributed by atoms with Gasteiger partial charge >= 0.3 is 0 Å². The summed E-state index contributed by atoms with van der Waals surface area (Å²) in [5, 5.41) is 0. The number of imidazole rings is 1. The zero-order valence-electron chi connectivity index (χ0n) is 7.82. The van der Waals surface area contributed by atoms with Crippen LogP contribution in [0.15, 0.2) is 12.4 Å². The van der Waals surface area contributed by atoms with Crippen LogP contribution in [0, 0.1) is 6.92 Å². The summed E-state index contributed by atoms with van der Waals surface area (Å²) in [5.74, 6) is 5.70. The summed E-state index contributed by atoms with van der Waals surface area (Å²) in [7, 11) is 0. The monoisotopic (exact) mass is 182 g/mol. The first-order valence-corrected chi connectivity index (χ1v) is 4.20. The lowest BCUT2D eigenvalue weighted by atomic mass is 10.2. The van der Waals surface area contributed by atoms with Crippen molar-refractivity contribution in [2.24, 2.45) is 5.84 Å². The number of nitrogens with zero attached hydrogens (tertiary/aromatic N) is 2. The molecule has 0 fully saturated rings. The predicted molar refractivity (Wildman–Crippen MR) is 48.6 cm³/mol. The standard InChI is InChI=1S/C8H14N4O/c1-3-7(8(13)11-9)12-5-4-10-6(12)2/h4-5,7H,3,9H2,1-2H3,(H,11,13). The molecule has 13 heavy (non-hydrogen) atoms. The smallest absolute Gasteiger partial charge is 0.256 e. The van der Waals surface area contributed by atoms with Gasteiger partial charge in [0.05, 0.1) is 0 Å². The van der Waals surface area contributed by atoms with Gasteiger partial charge in [0.15, 0.2) is 0 Å². The molecule has 1 aromatic rings. The number of carbonyl (C=O) groups excluding carboxylic acids is 1. The normalized spacial score (nSPS) is 12.5. The number of hydrazine groups is 1. The Labute approximate surface area is 76.9 Å².